The minimum absolute atomic E-state index is 0.783. The topological polar surface area (TPSA) is 49.8 Å². The molecule has 0 fully saturated rings. The number of methoxy groups -OCH3 is 1. The van der Waals surface area contributed by atoms with Gasteiger partial charge in [0.25, 0.3) is 0 Å². The molecule has 0 aliphatic carbocycles. The summed E-state index contributed by atoms with van der Waals surface area (Å²) in [7, 11) is 3.70. The zero-order chi connectivity index (χ0) is 14.3. The first-order valence-corrected chi connectivity index (χ1v) is 6.33. The molecule has 1 rings (SSSR count). The maximum Gasteiger partial charge on any atom is 0.328 e. The van der Waals surface area contributed by atoms with Crippen LogP contribution in [0.3, 0.4) is 0 Å². The maximum absolute atomic E-state index is 10.5. The Hall–Kier alpha value is -1.81. The van der Waals surface area contributed by atoms with Crippen LogP contribution in [0.5, 0.6) is 5.75 Å². The molecule has 4 nitrogen and oxygen atoms in total. The van der Waals surface area contributed by atoms with Gasteiger partial charge in [0, 0.05) is 18.2 Å². The Kier molecular flexibility index (Phi) is 6.09. The Labute approximate surface area is 114 Å². The molecule has 0 bridgehead atoms. The van der Waals surface area contributed by atoms with Crippen molar-refractivity contribution < 1.29 is 14.6 Å². The number of rotatable bonds is 7. The highest BCUT2D eigenvalue weighted by atomic mass is 16.5. The molecular weight excluding hydrogens is 242 g/mol. The number of carboxylic acids is 1. The summed E-state index contributed by atoms with van der Waals surface area (Å²) in [6.07, 6.45) is 3.82. The molecule has 0 aliphatic heterocycles. The molecule has 4 heteroatoms. The fourth-order valence-corrected chi connectivity index (χ4v) is 1.94. The molecule has 0 aromatic heterocycles. The van der Waals surface area contributed by atoms with Crippen LogP contribution in [0.4, 0.5) is 0 Å². The highest BCUT2D eigenvalue weighted by molar-refractivity contribution is 5.85. The Balaban J connectivity index is 2.92. The van der Waals surface area contributed by atoms with Gasteiger partial charge in [-0.25, -0.2) is 4.79 Å². The van der Waals surface area contributed by atoms with Gasteiger partial charge in [-0.15, -0.1) is 0 Å². The second-order valence-corrected chi connectivity index (χ2v) is 4.48. The predicted molar refractivity (Wildman–Crippen MR) is 76.3 cm³/mol. The molecule has 0 atom stereocenters. The zero-order valence-electron chi connectivity index (χ0n) is 11.7. The minimum atomic E-state index is -0.944. The van der Waals surface area contributed by atoms with Gasteiger partial charge < -0.3 is 14.7 Å². The van der Waals surface area contributed by atoms with Crippen molar-refractivity contribution in [2.45, 2.75) is 19.9 Å². The van der Waals surface area contributed by atoms with Crippen LogP contribution in [0.15, 0.2) is 24.3 Å². The highest BCUT2D eigenvalue weighted by Crippen LogP contribution is 2.22. The van der Waals surface area contributed by atoms with E-state index in [2.05, 4.69) is 18.9 Å². The van der Waals surface area contributed by atoms with Crippen molar-refractivity contribution in [3.8, 4) is 5.75 Å². The first-order valence-electron chi connectivity index (χ1n) is 6.33. The maximum atomic E-state index is 10.5. The van der Waals surface area contributed by atoms with Crippen molar-refractivity contribution in [3.63, 3.8) is 0 Å². The van der Waals surface area contributed by atoms with Gasteiger partial charge in [-0.1, -0.05) is 13.0 Å². The van der Waals surface area contributed by atoms with Crippen molar-refractivity contribution in [2.75, 3.05) is 20.7 Å². The van der Waals surface area contributed by atoms with E-state index < -0.39 is 5.97 Å². The number of aliphatic carboxylic acids is 1. The summed E-state index contributed by atoms with van der Waals surface area (Å²) in [5, 5.41) is 8.64. The number of carboxylic acid groups (broad SMARTS) is 1. The smallest absolute Gasteiger partial charge is 0.328 e. The first-order chi connectivity index (χ1) is 9.06. The number of carbonyl (C=O) groups is 1. The van der Waals surface area contributed by atoms with Crippen LogP contribution >= 0.6 is 0 Å². The van der Waals surface area contributed by atoms with Crippen LogP contribution < -0.4 is 4.74 Å². The van der Waals surface area contributed by atoms with E-state index in [1.165, 1.54) is 0 Å². The Bertz CT molecular complexity index is 455. The van der Waals surface area contributed by atoms with Crippen molar-refractivity contribution in [2.24, 2.45) is 0 Å². The molecule has 1 aromatic rings. The summed E-state index contributed by atoms with van der Waals surface area (Å²) in [6.45, 7) is 3.93. The van der Waals surface area contributed by atoms with E-state index in [4.69, 9.17) is 9.84 Å². The predicted octanol–water partition coefficient (Wildman–Crippen LogP) is 2.63. The third kappa shape index (κ3) is 5.14. The molecule has 0 heterocycles. The minimum Gasteiger partial charge on any atom is -0.496 e. The largest absolute Gasteiger partial charge is 0.496 e. The summed E-state index contributed by atoms with van der Waals surface area (Å²) in [4.78, 5) is 12.7. The molecule has 0 aliphatic rings. The Morgan fingerprint density at radius 3 is 2.79 bits per heavy atom. The molecule has 1 N–H and O–H groups in total. The van der Waals surface area contributed by atoms with E-state index in [0.717, 1.165) is 42.5 Å². The Morgan fingerprint density at radius 2 is 2.21 bits per heavy atom. The van der Waals surface area contributed by atoms with E-state index in [-0.39, 0.29) is 0 Å². The molecule has 19 heavy (non-hydrogen) atoms. The quantitative estimate of drug-likeness (QED) is 0.768. The van der Waals surface area contributed by atoms with Gasteiger partial charge in [0.1, 0.15) is 5.75 Å². The molecule has 0 radical (unpaired) electrons. The highest BCUT2D eigenvalue weighted by Gasteiger charge is 2.06. The third-order valence-electron chi connectivity index (χ3n) is 2.77. The Morgan fingerprint density at radius 1 is 1.47 bits per heavy atom. The van der Waals surface area contributed by atoms with Crippen molar-refractivity contribution in [3.05, 3.63) is 35.4 Å². The van der Waals surface area contributed by atoms with Gasteiger partial charge in [-0.05, 0) is 43.8 Å². The number of hydrogen-bond donors (Lipinski definition) is 1. The zero-order valence-corrected chi connectivity index (χ0v) is 11.7. The van der Waals surface area contributed by atoms with Crippen molar-refractivity contribution in [1.82, 2.24) is 4.90 Å². The molecule has 104 valence electrons. The van der Waals surface area contributed by atoms with E-state index in [1.807, 2.05) is 18.2 Å². The standard InChI is InChI=1S/C15H21NO3/c1-4-9-16(2)11-13-10-12(6-8-15(17)18)5-7-14(13)19-3/h5-8,10H,4,9,11H2,1-3H3,(H,17,18). The lowest BCUT2D eigenvalue weighted by Gasteiger charge is -2.18. The average molecular weight is 263 g/mol. The number of ether oxygens (including phenoxy) is 1. The number of hydrogen-bond acceptors (Lipinski definition) is 3. The summed E-state index contributed by atoms with van der Waals surface area (Å²) in [5.74, 6) is -0.115. The van der Waals surface area contributed by atoms with Crippen molar-refractivity contribution in [1.29, 1.82) is 0 Å². The lowest BCUT2D eigenvalue weighted by molar-refractivity contribution is -0.131. The lowest BCUT2D eigenvalue weighted by Crippen LogP contribution is -2.18. The van der Waals surface area contributed by atoms with Crippen LogP contribution in [0.2, 0.25) is 0 Å². The summed E-state index contributed by atoms with van der Waals surface area (Å²) >= 11 is 0. The average Bonchev–Trinajstić information content (AvgIpc) is 2.36. The second kappa shape index (κ2) is 7.59. The van der Waals surface area contributed by atoms with Crippen LogP contribution in [0.1, 0.15) is 24.5 Å². The van der Waals surface area contributed by atoms with E-state index in [9.17, 15) is 4.79 Å². The summed E-state index contributed by atoms with van der Waals surface area (Å²) < 4.78 is 5.34. The molecule has 0 amide bonds. The van der Waals surface area contributed by atoms with E-state index in [0.29, 0.717) is 0 Å². The van der Waals surface area contributed by atoms with Crippen LogP contribution in [0, 0.1) is 0 Å². The van der Waals surface area contributed by atoms with Crippen LogP contribution in [0.25, 0.3) is 6.08 Å². The SMILES string of the molecule is CCCN(C)Cc1cc(C=CC(=O)O)ccc1OC. The van der Waals surface area contributed by atoms with Gasteiger partial charge in [-0.2, -0.15) is 0 Å². The molecule has 0 saturated heterocycles. The van der Waals surface area contributed by atoms with Gasteiger partial charge in [0.15, 0.2) is 0 Å². The molecule has 1 aromatic carbocycles. The third-order valence-corrected chi connectivity index (χ3v) is 2.77. The van der Waals surface area contributed by atoms with Crippen LogP contribution in [-0.4, -0.2) is 36.7 Å². The fourth-order valence-electron chi connectivity index (χ4n) is 1.94. The first kappa shape index (κ1) is 15.2. The number of benzene rings is 1. The monoisotopic (exact) mass is 263 g/mol. The normalized spacial score (nSPS) is 11.2. The van der Waals surface area contributed by atoms with Gasteiger partial charge >= 0.3 is 5.97 Å². The summed E-state index contributed by atoms with van der Waals surface area (Å²) in [5.41, 5.74) is 1.93. The fraction of sp³-hybridized carbons (Fsp3) is 0.400. The van der Waals surface area contributed by atoms with E-state index >= 15 is 0 Å². The lowest BCUT2D eigenvalue weighted by atomic mass is 10.1. The molecular formula is C15H21NO3. The van der Waals surface area contributed by atoms with Gasteiger partial charge in [0.2, 0.25) is 0 Å². The molecule has 0 unspecified atom stereocenters. The molecule has 0 spiro atoms. The van der Waals surface area contributed by atoms with E-state index in [1.54, 1.807) is 13.2 Å². The van der Waals surface area contributed by atoms with Gasteiger partial charge in [-0.3, -0.25) is 0 Å². The van der Waals surface area contributed by atoms with Crippen molar-refractivity contribution >= 4 is 12.0 Å². The van der Waals surface area contributed by atoms with Crippen LogP contribution in [-0.2, 0) is 11.3 Å². The summed E-state index contributed by atoms with van der Waals surface area (Å²) in [6, 6.07) is 5.68. The second-order valence-electron chi connectivity index (χ2n) is 4.48. The molecule has 0 saturated carbocycles. The van der Waals surface area contributed by atoms with Gasteiger partial charge in [0.05, 0.1) is 7.11 Å². The number of nitrogens with zero attached hydrogens (tertiary/aromatic N) is 1.